The van der Waals surface area contributed by atoms with Gasteiger partial charge >= 0.3 is 11.9 Å². The maximum atomic E-state index is 13.4. The largest absolute Gasteiger partial charge is 0.474 e. The molecular formula is C39H38N2O5S. The standard InChI is InChI=1S/C39H38N2O5S/c42-38(39(43)44)40(25-22-29-10-3-1-4-11-29)28-37(33-23-26-41(27-24-33)47(45,46)34-14-5-2-6-15-34)32-20-18-31(19-21-32)36-17-9-13-30-12-7-8-16-35(30)36/h1-21,33,37H,22-28H2,(H,43,44). The molecule has 1 heterocycles. The van der Waals surface area contributed by atoms with Crippen molar-refractivity contribution in [1.82, 2.24) is 9.21 Å². The number of carbonyl (C=O) groups excluding carboxylic acids is 1. The summed E-state index contributed by atoms with van der Waals surface area (Å²) in [7, 11) is -3.63. The Labute approximate surface area is 276 Å². The van der Waals surface area contributed by atoms with E-state index in [-0.39, 0.29) is 29.8 Å². The SMILES string of the molecule is O=C(O)C(=O)N(CCc1ccccc1)CC(c1ccc(-c2cccc3ccccc23)cc1)C1CCN(S(=O)(=O)c2ccccc2)CC1. The fraction of sp³-hybridized carbons (Fsp3) is 0.231. The Morgan fingerprint density at radius 2 is 1.38 bits per heavy atom. The number of piperidine rings is 1. The molecule has 5 aromatic rings. The van der Waals surface area contributed by atoms with Gasteiger partial charge < -0.3 is 10.0 Å². The molecule has 0 saturated carbocycles. The van der Waals surface area contributed by atoms with Crippen LogP contribution in [0.15, 0.2) is 132 Å². The second kappa shape index (κ2) is 14.3. The zero-order valence-electron chi connectivity index (χ0n) is 26.1. The molecule has 7 nitrogen and oxygen atoms in total. The van der Waals surface area contributed by atoms with Crippen LogP contribution in [0.25, 0.3) is 21.9 Å². The van der Waals surface area contributed by atoms with Crippen LogP contribution < -0.4 is 0 Å². The van der Waals surface area contributed by atoms with Gasteiger partial charge in [0.05, 0.1) is 4.90 Å². The van der Waals surface area contributed by atoms with Crippen molar-refractivity contribution in [2.24, 2.45) is 5.92 Å². The number of fused-ring (bicyclic) bond motifs is 1. The van der Waals surface area contributed by atoms with Crippen molar-refractivity contribution in [3.05, 3.63) is 139 Å². The van der Waals surface area contributed by atoms with Gasteiger partial charge in [-0.25, -0.2) is 13.2 Å². The van der Waals surface area contributed by atoms with Gasteiger partial charge in [0, 0.05) is 32.1 Å². The number of hydrogen-bond acceptors (Lipinski definition) is 4. The molecule has 0 radical (unpaired) electrons. The topological polar surface area (TPSA) is 95.0 Å². The average Bonchev–Trinajstić information content (AvgIpc) is 3.12. The number of aliphatic carboxylic acids is 1. The number of carboxylic acids is 1. The van der Waals surface area contributed by atoms with Crippen LogP contribution in [0.1, 0.15) is 29.9 Å². The van der Waals surface area contributed by atoms with Crippen LogP contribution in [0.2, 0.25) is 0 Å². The second-order valence-electron chi connectivity index (χ2n) is 12.1. The van der Waals surface area contributed by atoms with Crippen LogP contribution in [0, 0.1) is 5.92 Å². The molecule has 0 aromatic heterocycles. The van der Waals surface area contributed by atoms with Crippen molar-refractivity contribution in [1.29, 1.82) is 0 Å². The lowest BCUT2D eigenvalue weighted by molar-refractivity contribution is -0.156. The summed E-state index contributed by atoms with van der Waals surface area (Å²) in [5, 5.41) is 12.1. The number of nitrogens with zero attached hydrogens (tertiary/aromatic N) is 2. The third kappa shape index (κ3) is 7.29. The number of hydrogen-bond donors (Lipinski definition) is 1. The molecule has 47 heavy (non-hydrogen) atoms. The van der Waals surface area contributed by atoms with Crippen LogP contribution >= 0.6 is 0 Å². The molecule has 1 amide bonds. The number of sulfonamides is 1. The first kappa shape index (κ1) is 32.2. The van der Waals surface area contributed by atoms with Gasteiger partial charge in [-0.1, -0.05) is 115 Å². The fourth-order valence-electron chi connectivity index (χ4n) is 6.73. The van der Waals surface area contributed by atoms with Gasteiger partial charge in [0.25, 0.3) is 0 Å². The predicted octanol–water partition coefficient (Wildman–Crippen LogP) is 6.85. The quantitative estimate of drug-likeness (QED) is 0.168. The summed E-state index contributed by atoms with van der Waals surface area (Å²) in [6.45, 7) is 1.19. The van der Waals surface area contributed by atoms with Gasteiger partial charge in [-0.3, -0.25) is 4.79 Å². The van der Waals surface area contributed by atoms with E-state index in [1.165, 1.54) is 9.21 Å². The van der Waals surface area contributed by atoms with E-state index in [2.05, 4.69) is 48.5 Å². The molecule has 1 unspecified atom stereocenters. The highest BCUT2D eigenvalue weighted by Crippen LogP contribution is 2.37. The molecule has 6 rings (SSSR count). The van der Waals surface area contributed by atoms with Gasteiger partial charge in [0.1, 0.15) is 0 Å². The highest BCUT2D eigenvalue weighted by atomic mass is 32.2. The van der Waals surface area contributed by atoms with E-state index in [4.69, 9.17) is 0 Å². The molecule has 5 aromatic carbocycles. The van der Waals surface area contributed by atoms with Crippen molar-refractivity contribution in [2.45, 2.75) is 30.1 Å². The third-order valence-corrected chi connectivity index (χ3v) is 11.2. The molecule has 8 heteroatoms. The Morgan fingerprint density at radius 3 is 2.06 bits per heavy atom. The average molecular weight is 647 g/mol. The lowest BCUT2D eigenvalue weighted by Crippen LogP contribution is -2.44. The van der Waals surface area contributed by atoms with E-state index < -0.39 is 21.9 Å². The minimum atomic E-state index is -3.63. The highest BCUT2D eigenvalue weighted by molar-refractivity contribution is 7.89. The predicted molar refractivity (Wildman–Crippen MR) is 184 cm³/mol. The van der Waals surface area contributed by atoms with E-state index in [0.717, 1.165) is 33.0 Å². The molecule has 240 valence electrons. The summed E-state index contributed by atoms with van der Waals surface area (Å²) < 4.78 is 28.3. The Morgan fingerprint density at radius 1 is 0.766 bits per heavy atom. The van der Waals surface area contributed by atoms with Gasteiger partial charge in [-0.15, -0.1) is 0 Å². The van der Waals surface area contributed by atoms with Crippen molar-refractivity contribution in [2.75, 3.05) is 26.2 Å². The monoisotopic (exact) mass is 646 g/mol. The van der Waals surface area contributed by atoms with Gasteiger partial charge in [-0.2, -0.15) is 4.31 Å². The second-order valence-corrected chi connectivity index (χ2v) is 14.0. The number of amides is 1. The molecule has 1 N–H and O–H groups in total. The van der Waals surface area contributed by atoms with E-state index in [1.807, 2.05) is 48.5 Å². The number of rotatable bonds is 10. The molecule has 1 atom stereocenters. The van der Waals surface area contributed by atoms with E-state index >= 15 is 0 Å². The first-order valence-corrected chi connectivity index (χ1v) is 17.4. The number of benzene rings is 5. The first-order chi connectivity index (χ1) is 22.8. The van der Waals surface area contributed by atoms with Crippen molar-refractivity contribution >= 4 is 32.7 Å². The van der Waals surface area contributed by atoms with Crippen molar-refractivity contribution in [3.63, 3.8) is 0 Å². The third-order valence-electron chi connectivity index (χ3n) is 9.29. The summed E-state index contributed by atoms with van der Waals surface area (Å²) in [5.74, 6) is -2.55. The summed E-state index contributed by atoms with van der Waals surface area (Å²) >= 11 is 0. The van der Waals surface area contributed by atoms with Crippen LogP contribution in [0.3, 0.4) is 0 Å². The zero-order valence-corrected chi connectivity index (χ0v) is 26.9. The van der Waals surface area contributed by atoms with Gasteiger partial charge in [0.2, 0.25) is 10.0 Å². The highest BCUT2D eigenvalue weighted by Gasteiger charge is 2.35. The van der Waals surface area contributed by atoms with Gasteiger partial charge in [0.15, 0.2) is 0 Å². The molecule has 0 spiro atoms. The smallest absolute Gasteiger partial charge is 0.394 e. The van der Waals surface area contributed by atoms with E-state index in [1.54, 1.807) is 30.3 Å². The molecule has 0 bridgehead atoms. The molecular weight excluding hydrogens is 609 g/mol. The lowest BCUT2D eigenvalue weighted by atomic mass is 9.79. The van der Waals surface area contributed by atoms with Crippen LogP contribution in [-0.2, 0) is 26.0 Å². The maximum Gasteiger partial charge on any atom is 0.394 e. The number of carbonyl (C=O) groups is 2. The van der Waals surface area contributed by atoms with Crippen molar-refractivity contribution < 1.29 is 23.1 Å². The summed E-state index contributed by atoms with van der Waals surface area (Å²) in [6.07, 6.45) is 1.71. The summed E-state index contributed by atoms with van der Waals surface area (Å²) in [5.41, 5.74) is 4.21. The fourth-order valence-corrected chi connectivity index (χ4v) is 8.22. The van der Waals surface area contributed by atoms with Crippen molar-refractivity contribution in [3.8, 4) is 11.1 Å². The van der Waals surface area contributed by atoms with Crippen LogP contribution in [0.4, 0.5) is 0 Å². The Hall–Kier alpha value is -4.79. The first-order valence-electron chi connectivity index (χ1n) is 16.0. The summed E-state index contributed by atoms with van der Waals surface area (Å²) in [4.78, 5) is 26.8. The van der Waals surface area contributed by atoms with E-state index in [0.29, 0.717) is 32.4 Å². The van der Waals surface area contributed by atoms with Crippen LogP contribution in [0.5, 0.6) is 0 Å². The molecule has 1 aliphatic heterocycles. The molecule has 1 fully saturated rings. The number of carboxylic acid groups (broad SMARTS) is 1. The van der Waals surface area contributed by atoms with Crippen LogP contribution in [-0.4, -0.2) is 60.8 Å². The van der Waals surface area contributed by atoms with Gasteiger partial charge in [-0.05, 0) is 70.3 Å². The normalized spacial score (nSPS) is 14.9. The lowest BCUT2D eigenvalue weighted by Gasteiger charge is -2.38. The molecule has 1 saturated heterocycles. The molecule has 0 aliphatic carbocycles. The Kier molecular flexibility index (Phi) is 9.80. The Bertz CT molecular complexity index is 1930. The minimum Gasteiger partial charge on any atom is -0.474 e. The zero-order chi connectivity index (χ0) is 32.8. The Balaban J connectivity index is 1.29. The van der Waals surface area contributed by atoms with E-state index in [9.17, 15) is 23.1 Å². The maximum absolute atomic E-state index is 13.4. The summed E-state index contributed by atoms with van der Waals surface area (Å²) in [6, 6.07) is 41.0. The molecule has 1 aliphatic rings. The minimum absolute atomic E-state index is 0.0430.